The topological polar surface area (TPSA) is 79.3 Å². The number of amides is 3. The molecule has 2 aromatic heterocycles. The Hall–Kier alpha value is -4.17. The van der Waals surface area contributed by atoms with Crippen molar-refractivity contribution in [1.29, 1.82) is 0 Å². The van der Waals surface area contributed by atoms with Gasteiger partial charge in [0.05, 0.1) is 10.6 Å². The van der Waals surface area contributed by atoms with Crippen molar-refractivity contribution >= 4 is 40.7 Å². The second kappa shape index (κ2) is 9.13. The number of carbonyl (C=O) groups excluding carboxylic acids is 2. The Morgan fingerprint density at radius 3 is 2.67 bits per heavy atom. The van der Waals surface area contributed by atoms with Crippen LogP contribution >= 0.6 is 11.3 Å². The van der Waals surface area contributed by atoms with Gasteiger partial charge in [-0.25, -0.2) is 9.48 Å². The fraction of sp³-hybridized carbons (Fsp3) is 0.0800. The van der Waals surface area contributed by atoms with Gasteiger partial charge in [-0.15, -0.1) is 11.3 Å². The molecule has 7 nitrogen and oxygen atoms in total. The van der Waals surface area contributed by atoms with Crippen molar-refractivity contribution in [2.45, 2.75) is 0 Å². The van der Waals surface area contributed by atoms with Gasteiger partial charge in [-0.3, -0.25) is 9.69 Å². The zero-order chi connectivity index (χ0) is 22.6. The lowest BCUT2D eigenvalue weighted by Gasteiger charge is -2.15. The molecule has 0 bridgehead atoms. The summed E-state index contributed by atoms with van der Waals surface area (Å²) in [6.07, 6.45) is 5.19. The minimum atomic E-state index is -0.261. The number of rotatable bonds is 6. The van der Waals surface area contributed by atoms with Crippen molar-refractivity contribution in [3.63, 3.8) is 0 Å². The van der Waals surface area contributed by atoms with Crippen molar-refractivity contribution in [3.8, 4) is 16.3 Å². The maximum atomic E-state index is 12.6. The molecular weight excluding hydrogens is 434 g/mol. The third-order valence-electron chi connectivity index (χ3n) is 5.21. The van der Waals surface area contributed by atoms with Gasteiger partial charge >= 0.3 is 6.03 Å². The van der Waals surface area contributed by atoms with E-state index in [0.29, 0.717) is 18.8 Å². The lowest BCUT2D eigenvalue weighted by Crippen LogP contribution is -2.27. The minimum absolute atomic E-state index is 0.130. The number of hydrogen-bond acceptors (Lipinski definition) is 4. The summed E-state index contributed by atoms with van der Waals surface area (Å²) in [5.41, 5.74) is 3.98. The molecule has 3 heterocycles. The molecule has 3 amide bonds. The Morgan fingerprint density at radius 2 is 1.91 bits per heavy atom. The van der Waals surface area contributed by atoms with E-state index in [9.17, 15) is 9.59 Å². The van der Waals surface area contributed by atoms with Gasteiger partial charge < -0.3 is 10.6 Å². The van der Waals surface area contributed by atoms with E-state index in [1.54, 1.807) is 34.4 Å². The maximum absolute atomic E-state index is 12.6. The van der Waals surface area contributed by atoms with Crippen LogP contribution in [0.3, 0.4) is 0 Å². The predicted octanol–water partition coefficient (Wildman–Crippen LogP) is 4.78. The summed E-state index contributed by atoms with van der Waals surface area (Å²) in [5, 5.41) is 12.4. The van der Waals surface area contributed by atoms with Crippen LogP contribution in [0.2, 0.25) is 0 Å². The summed E-state index contributed by atoms with van der Waals surface area (Å²) in [4.78, 5) is 27.2. The van der Waals surface area contributed by atoms with Gasteiger partial charge in [0.1, 0.15) is 5.69 Å². The molecule has 1 aliphatic rings. The van der Waals surface area contributed by atoms with Gasteiger partial charge in [-0.1, -0.05) is 30.3 Å². The Labute approximate surface area is 195 Å². The van der Waals surface area contributed by atoms with E-state index in [-0.39, 0.29) is 11.9 Å². The molecule has 164 valence electrons. The molecule has 0 radical (unpaired) electrons. The normalized spacial score (nSPS) is 13.5. The fourth-order valence-corrected chi connectivity index (χ4v) is 4.38. The summed E-state index contributed by atoms with van der Waals surface area (Å²) in [7, 11) is 0. The molecule has 1 saturated heterocycles. The summed E-state index contributed by atoms with van der Waals surface area (Å²) in [6.45, 7) is 1.22. The highest BCUT2D eigenvalue weighted by Crippen LogP contribution is 2.28. The van der Waals surface area contributed by atoms with Crippen LogP contribution in [0.5, 0.6) is 0 Å². The van der Waals surface area contributed by atoms with Crippen LogP contribution in [0.15, 0.2) is 84.4 Å². The molecule has 33 heavy (non-hydrogen) atoms. The molecule has 2 aromatic carbocycles. The Kier molecular flexibility index (Phi) is 5.73. The largest absolute Gasteiger partial charge is 0.336 e. The number of thiophene rings is 1. The average molecular weight is 456 g/mol. The van der Waals surface area contributed by atoms with Crippen LogP contribution in [0.1, 0.15) is 5.56 Å². The number of para-hydroxylation sites is 1. The molecule has 0 unspecified atom stereocenters. The number of aromatic nitrogens is 2. The molecule has 0 saturated carbocycles. The third-order valence-corrected chi connectivity index (χ3v) is 6.09. The van der Waals surface area contributed by atoms with Crippen molar-refractivity contribution < 1.29 is 9.59 Å². The van der Waals surface area contributed by atoms with E-state index in [0.717, 1.165) is 27.5 Å². The van der Waals surface area contributed by atoms with Gasteiger partial charge in [0, 0.05) is 42.3 Å². The molecule has 0 atom stereocenters. The van der Waals surface area contributed by atoms with Crippen LogP contribution in [0.4, 0.5) is 16.2 Å². The smallest absolute Gasteiger partial charge is 0.321 e. The number of hydrogen-bond donors (Lipinski definition) is 2. The zero-order valence-corrected chi connectivity index (χ0v) is 18.5. The second-order valence-electron chi connectivity index (χ2n) is 7.45. The monoisotopic (exact) mass is 455 g/mol. The number of benzene rings is 2. The first-order valence-corrected chi connectivity index (χ1v) is 11.4. The summed E-state index contributed by atoms with van der Waals surface area (Å²) in [6, 6.07) is 21.0. The number of urea groups is 1. The van der Waals surface area contributed by atoms with E-state index >= 15 is 0 Å². The highest BCUT2D eigenvalue weighted by Gasteiger charge is 2.21. The van der Waals surface area contributed by atoms with Crippen LogP contribution in [0.25, 0.3) is 22.3 Å². The lowest BCUT2D eigenvalue weighted by atomic mass is 10.2. The van der Waals surface area contributed by atoms with Crippen molar-refractivity contribution in [2.75, 3.05) is 23.3 Å². The SMILES string of the molecule is O=C(/C=C/c1cn(-c2ccccc2)nc1-c1cccs1)Nc1cccc(N2CCNC2=O)c1. The van der Waals surface area contributed by atoms with E-state index in [2.05, 4.69) is 10.6 Å². The van der Waals surface area contributed by atoms with Gasteiger partial charge in [-0.2, -0.15) is 5.10 Å². The van der Waals surface area contributed by atoms with Crippen LogP contribution in [-0.4, -0.2) is 34.8 Å². The van der Waals surface area contributed by atoms with Crippen LogP contribution in [0, 0.1) is 0 Å². The Bertz CT molecular complexity index is 1310. The van der Waals surface area contributed by atoms with Gasteiger partial charge in [-0.05, 0) is 47.9 Å². The molecular formula is C25H21N5O2S. The first kappa shape index (κ1) is 20.7. The molecule has 2 N–H and O–H groups in total. The van der Waals surface area contributed by atoms with E-state index < -0.39 is 0 Å². The Morgan fingerprint density at radius 1 is 1.06 bits per heavy atom. The van der Waals surface area contributed by atoms with Gasteiger partial charge in [0.2, 0.25) is 5.91 Å². The fourth-order valence-electron chi connectivity index (χ4n) is 3.65. The summed E-state index contributed by atoms with van der Waals surface area (Å²) in [5.74, 6) is -0.261. The van der Waals surface area contributed by atoms with E-state index in [1.807, 2.05) is 70.9 Å². The molecule has 0 spiro atoms. The van der Waals surface area contributed by atoms with E-state index in [4.69, 9.17) is 5.10 Å². The standard InChI is InChI=1S/C25H21N5O2S/c31-23(27-19-6-4-9-21(16-19)29-14-13-26-25(29)32)12-11-18-17-30(20-7-2-1-3-8-20)28-24(18)22-10-5-15-33-22/h1-12,15-17H,13-14H2,(H,26,32)(H,27,31)/b12-11+. The average Bonchev–Trinajstić information content (AvgIpc) is 3.59. The third kappa shape index (κ3) is 4.56. The number of carbonyl (C=O) groups is 2. The zero-order valence-electron chi connectivity index (χ0n) is 17.6. The van der Waals surface area contributed by atoms with Gasteiger partial charge in [0.15, 0.2) is 0 Å². The molecule has 4 aromatic rings. The van der Waals surface area contributed by atoms with Crippen LogP contribution in [-0.2, 0) is 4.79 Å². The molecule has 8 heteroatoms. The maximum Gasteiger partial charge on any atom is 0.321 e. The quantitative estimate of drug-likeness (QED) is 0.411. The van der Waals surface area contributed by atoms with E-state index in [1.165, 1.54) is 6.08 Å². The van der Waals surface area contributed by atoms with Crippen molar-refractivity contribution in [2.24, 2.45) is 0 Å². The number of nitrogens with one attached hydrogen (secondary N) is 2. The number of nitrogens with zero attached hydrogens (tertiary/aromatic N) is 3. The molecule has 1 aliphatic heterocycles. The summed E-state index contributed by atoms with van der Waals surface area (Å²) < 4.78 is 1.82. The molecule has 5 rings (SSSR count). The molecule has 1 fully saturated rings. The number of anilines is 2. The van der Waals surface area contributed by atoms with Crippen molar-refractivity contribution in [3.05, 3.63) is 89.9 Å². The first-order valence-electron chi connectivity index (χ1n) is 10.5. The van der Waals surface area contributed by atoms with Crippen LogP contribution < -0.4 is 15.5 Å². The first-order chi connectivity index (χ1) is 16.2. The molecule has 0 aliphatic carbocycles. The predicted molar refractivity (Wildman–Crippen MR) is 132 cm³/mol. The summed E-state index contributed by atoms with van der Waals surface area (Å²) >= 11 is 1.60. The highest BCUT2D eigenvalue weighted by atomic mass is 32.1. The second-order valence-corrected chi connectivity index (χ2v) is 8.39. The van der Waals surface area contributed by atoms with Crippen molar-refractivity contribution in [1.82, 2.24) is 15.1 Å². The lowest BCUT2D eigenvalue weighted by molar-refractivity contribution is -0.111. The van der Waals surface area contributed by atoms with Gasteiger partial charge in [0.25, 0.3) is 0 Å². The Balaban J connectivity index is 1.36. The minimum Gasteiger partial charge on any atom is -0.336 e. The highest BCUT2D eigenvalue weighted by molar-refractivity contribution is 7.13.